The lowest BCUT2D eigenvalue weighted by atomic mass is 9.49. The first-order valence-electron chi connectivity index (χ1n) is 8.48. The molecule has 4 fully saturated rings. The van der Waals surface area contributed by atoms with E-state index < -0.39 is 0 Å². The third-order valence-electron chi connectivity index (χ3n) is 6.09. The van der Waals surface area contributed by atoms with E-state index in [2.05, 4.69) is 10.5 Å². The third kappa shape index (κ3) is 2.78. The first-order chi connectivity index (χ1) is 11.1. The molecule has 122 valence electrons. The maximum atomic E-state index is 12.5. The molecule has 0 heterocycles. The Labute approximate surface area is 141 Å². The number of hydrogen-bond acceptors (Lipinski definition) is 3. The van der Waals surface area contributed by atoms with Crippen LogP contribution in [0.2, 0.25) is 5.02 Å². The van der Waals surface area contributed by atoms with Crippen LogP contribution in [0.4, 0.5) is 5.69 Å². The van der Waals surface area contributed by atoms with Gasteiger partial charge in [0.05, 0.1) is 10.6 Å². The SMILES string of the molecule is O=Nc1ccc(Cl)c(C(=O)NCC23CC4CC(CC(C4)C2)C3)c1. The van der Waals surface area contributed by atoms with Gasteiger partial charge in [0.15, 0.2) is 0 Å². The number of halogens is 1. The van der Waals surface area contributed by atoms with Crippen molar-refractivity contribution in [2.45, 2.75) is 38.5 Å². The molecule has 0 unspecified atom stereocenters. The molecule has 0 atom stereocenters. The van der Waals surface area contributed by atoms with E-state index in [1.807, 2.05) is 0 Å². The summed E-state index contributed by atoms with van der Waals surface area (Å²) in [7, 11) is 0. The lowest BCUT2D eigenvalue weighted by Crippen LogP contribution is -2.51. The Hall–Kier alpha value is -1.42. The van der Waals surface area contributed by atoms with Gasteiger partial charge in [-0.25, -0.2) is 0 Å². The van der Waals surface area contributed by atoms with Gasteiger partial charge in [0, 0.05) is 6.54 Å². The van der Waals surface area contributed by atoms with Gasteiger partial charge in [0.2, 0.25) is 0 Å². The zero-order valence-corrected chi connectivity index (χ0v) is 13.8. The summed E-state index contributed by atoms with van der Waals surface area (Å²) in [6, 6.07) is 4.54. The minimum atomic E-state index is -0.198. The molecule has 4 nitrogen and oxygen atoms in total. The molecular formula is C18H21ClN2O2. The molecule has 0 saturated heterocycles. The van der Waals surface area contributed by atoms with Crippen molar-refractivity contribution >= 4 is 23.2 Å². The van der Waals surface area contributed by atoms with Gasteiger partial charge in [-0.2, -0.15) is 0 Å². The molecule has 0 aliphatic heterocycles. The van der Waals surface area contributed by atoms with Crippen molar-refractivity contribution in [2.75, 3.05) is 6.54 Å². The van der Waals surface area contributed by atoms with E-state index in [-0.39, 0.29) is 17.0 Å². The fourth-order valence-electron chi connectivity index (χ4n) is 5.61. The van der Waals surface area contributed by atoms with Crippen LogP contribution in [0.3, 0.4) is 0 Å². The molecule has 4 aliphatic rings. The predicted molar refractivity (Wildman–Crippen MR) is 89.8 cm³/mol. The fraction of sp³-hybridized carbons (Fsp3) is 0.611. The van der Waals surface area contributed by atoms with Gasteiger partial charge in [-0.3, -0.25) is 4.79 Å². The largest absolute Gasteiger partial charge is 0.351 e. The Morgan fingerprint density at radius 2 is 1.78 bits per heavy atom. The number of rotatable bonds is 4. The summed E-state index contributed by atoms with van der Waals surface area (Å²) in [6.45, 7) is 0.727. The molecule has 0 radical (unpaired) electrons. The van der Waals surface area contributed by atoms with E-state index in [9.17, 15) is 9.70 Å². The van der Waals surface area contributed by atoms with E-state index >= 15 is 0 Å². The molecule has 23 heavy (non-hydrogen) atoms. The smallest absolute Gasteiger partial charge is 0.252 e. The van der Waals surface area contributed by atoms with Crippen molar-refractivity contribution in [3.63, 3.8) is 0 Å². The number of nitroso groups, excluding NO2 is 1. The highest BCUT2D eigenvalue weighted by atomic mass is 35.5. The molecule has 5 heteroatoms. The van der Waals surface area contributed by atoms with E-state index in [1.165, 1.54) is 50.7 Å². The standard InChI is InChI=1S/C18H21ClN2O2/c19-16-2-1-14(21-23)6-15(16)17(22)20-10-18-7-11-3-12(8-18)5-13(4-11)9-18/h1-2,6,11-13H,3-5,7-10H2,(H,20,22). The maximum absolute atomic E-state index is 12.5. The number of hydrogen-bond donors (Lipinski definition) is 1. The molecule has 5 rings (SSSR count). The predicted octanol–water partition coefficient (Wildman–Crippen LogP) is 4.68. The van der Waals surface area contributed by atoms with E-state index in [0.717, 1.165) is 24.3 Å². The van der Waals surface area contributed by atoms with Crippen molar-refractivity contribution in [2.24, 2.45) is 28.3 Å². The number of nitrogens with one attached hydrogen (secondary N) is 1. The monoisotopic (exact) mass is 332 g/mol. The van der Waals surface area contributed by atoms with Crippen molar-refractivity contribution < 1.29 is 4.79 Å². The highest BCUT2D eigenvalue weighted by Gasteiger charge is 2.50. The average molecular weight is 333 g/mol. The molecule has 1 amide bonds. The Morgan fingerprint density at radius 1 is 1.17 bits per heavy atom. The highest BCUT2D eigenvalue weighted by molar-refractivity contribution is 6.34. The summed E-state index contributed by atoms with van der Waals surface area (Å²) >= 11 is 6.10. The number of amides is 1. The second-order valence-electron chi connectivity index (χ2n) is 7.86. The maximum Gasteiger partial charge on any atom is 0.252 e. The lowest BCUT2D eigenvalue weighted by Gasteiger charge is -2.56. The number of nitrogens with zero attached hydrogens (tertiary/aromatic N) is 1. The Morgan fingerprint density at radius 3 is 2.35 bits per heavy atom. The summed E-state index contributed by atoms with van der Waals surface area (Å²) < 4.78 is 0. The molecule has 4 saturated carbocycles. The molecule has 1 aromatic carbocycles. The van der Waals surface area contributed by atoms with Crippen LogP contribution in [0.25, 0.3) is 0 Å². The van der Waals surface area contributed by atoms with Gasteiger partial charge in [-0.15, -0.1) is 4.91 Å². The van der Waals surface area contributed by atoms with Crippen LogP contribution in [0.1, 0.15) is 48.9 Å². The molecular weight excluding hydrogens is 312 g/mol. The zero-order chi connectivity index (χ0) is 16.0. The van der Waals surface area contributed by atoms with Crippen LogP contribution in [0.15, 0.2) is 23.4 Å². The molecule has 1 N–H and O–H groups in total. The fourth-order valence-corrected chi connectivity index (χ4v) is 5.82. The summed E-state index contributed by atoms with van der Waals surface area (Å²) in [5.74, 6) is 2.40. The van der Waals surface area contributed by atoms with Gasteiger partial charge in [-0.1, -0.05) is 11.6 Å². The van der Waals surface area contributed by atoms with Crippen molar-refractivity contribution in [1.29, 1.82) is 0 Å². The van der Waals surface area contributed by atoms with E-state index in [1.54, 1.807) is 6.07 Å². The van der Waals surface area contributed by atoms with Gasteiger partial charge in [0.25, 0.3) is 5.91 Å². The summed E-state index contributed by atoms with van der Waals surface area (Å²) in [5, 5.41) is 6.32. The zero-order valence-electron chi connectivity index (χ0n) is 13.1. The number of benzene rings is 1. The number of carbonyl (C=O) groups excluding carboxylic acids is 1. The minimum Gasteiger partial charge on any atom is -0.351 e. The van der Waals surface area contributed by atoms with Crippen LogP contribution in [0, 0.1) is 28.1 Å². The molecule has 0 spiro atoms. The molecule has 4 aliphatic carbocycles. The molecule has 0 aromatic heterocycles. The molecule has 1 aromatic rings. The Bertz CT molecular complexity index is 623. The van der Waals surface area contributed by atoms with Crippen molar-refractivity contribution in [3.8, 4) is 0 Å². The summed E-state index contributed by atoms with van der Waals surface area (Å²) in [4.78, 5) is 23.1. The first-order valence-corrected chi connectivity index (χ1v) is 8.86. The summed E-state index contributed by atoms with van der Waals surface area (Å²) in [6.07, 6.45) is 7.94. The van der Waals surface area contributed by atoms with E-state index in [0.29, 0.717) is 10.6 Å². The van der Waals surface area contributed by atoms with Crippen LogP contribution in [-0.4, -0.2) is 12.5 Å². The van der Waals surface area contributed by atoms with Crippen molar-refractivity contribution in [1.82, 2.24) is 5.32 Å². The highest BCUT2D eigenvalue weighted by Crippen LogP contribution is 2.59. The number of carbonyl (C=O) groups is 1. The first kappa shape index (κ1) is 15.1. The Balaban J connectivity index is 1.47. The average Bonchev–Trinajstić information content (AvgIpc) is 2.52. The quantitative estimate of drug-likeness (QED) is 0.813. The second-order valence-corrected chi connectivity index (χ2v) is 8.26. The third-order valence-corrected chi connectivity index (χ3v) is 6.42. The summed E-state index contributed by atoms with van der Waals surface area (Å²) in [5.41, 5.74) is 0.861. The van der Waals surface area contributed by atoms with Crippen molar-refractivity contribution in [3.05, 3.63) is 33.7 Å². The topological polar surface area (TPSA) is 58.5 Å². The Kier molecular flexibility index (Phi) is 3.67. The van der Waals surface area contributed by atoms with Crippen LogP contribution in [-0.2, 0) is 0 Å². The van der Waals surface area contributed by atoms with Crippen LogP contribution < -0.4 is 5.32 Å². The van der Waals surface area contributed by atoms with Gasteiger partial charge < -0.3 is 5.32 Å². The minimum absolute atomic E-state index is 0.198. The second kappa shape index (κ2) is 5.59. The molecule has 4 bridgehead atoms. The normalized spacial score (nSPS) is 34.4. The van der Waals surface area contributed by atoms with Gasteiger partial charge in [0.1, 0.15) is 5.69 Å². The van der Waals surface area contributed by atoms with Gasteiger partial charge in [-0.05, 0) is 85.1 Å². The van der Waals surface area contributed by atoms with Gasteiger partial charge >= 0.3 is 0 Å². The van der Waals surface area contributed by atoms with E-state index in [4.69, 9.17) is 11.6 Å². The lowest BCUT2D eigenvalue weighted by molar-refractivity contribution is -0.0503. The van der Waals surface area contributed by atoms with Crippen LogP contribution >= 0.6 is 11.6 Å². The van der Waals surface area contributed by atoms with Crippen LogP contribution in [0.5, 0.6) is 0 Å².